The molecule has 0 atom stereocenters. The van der Waals surface area contributed by atoms with Crippen molar-refractivity contribution in [1.29, 1.82) is 0 Å². The minimum absolute atomic E-state index is 0.0255. The third kappa shape index (κ3) is 3.61. The number of carboxylic acid groups (broad SMARTS) is 1. The summed E-state index contributed by atoms with van der Waals surface area (Å²) in [5, 5.41) is 22.6. The third-order valence-corrected chi connectivity index (χ3v) is 2.79. The van der Waals surface area contributed by atoms with Crippen molar-refractivity contribution >= 4 is 23.3 Å². The summed E-state index contributed by atoms with van der Waals surface area (Å²) in [4.78, 5) is 29.4. The average Bonchev–Trinajstić information content (AvgIpc) is 2.54. The maximum absolute atomic E-state index is 11.3. The third-order valence-electron chi connectivity index (χ3n) is 2.79. The van der Waals surface area contributed by atoms with Crippen LogP contribution < -0.4 is 14.8 Å². The number of nitro benzene ring substituents is 1. The number of nitrogens with one attached hydrogen (secondary N) is 1. The van der Waals surface area contributed by atoms with Crippen LogP contribution in [0.3, 0.4) is 0 Å². The van der Waals surface area contributed by atoms with E-state index < -0.39 is 10.9 Å². The molecule has 10 nitrogen and oxygen atoms in total. The minimum atomic E-state index is -1.33. The molecule has 0 aliphatic heterocycles. The molecule has 0 aliphatic carbocycles. The number of carbonyl (C=O) groups is 1. The molecule has 0 spiro atoms. The van der Waals surface area contributed by atoms with Gasteiger partial charge in [0.2, 0.25) is 17.7 Å². The van der Waals surface area contributed by atoms with E-state index in [0.717, 1.165) is 6.07 Å². The highest BCUT2D eigenvalue weighted by Crippen LogP contribution is 2.26. The zero-order valence-corrected chi connectivity index (χ0v) is 12.1. The van der Waals surface area contributed by atoms with E-state index in [4.69, 9.17) is 9.47 Å². The molecule has 23 heavy (non-hydrogen) atoms. The Labute approximate surface area is 129 Å². The fraction of sp³-hybridized carbons (Fsp3) is 0.154. The number of hydrogen-bond acceptors (Lipinski definition) is 8. The fourth-order valence-electron chi connectivity index (χ4n) is 1.72. The normalized spacial score (nSPS) is 10.0. The molecule has 0 unspecified atom stereocenters. The number of carboxylic acids is 1. The number of anilines is 2. The van der Waals surface area contributed by atoms with Crippen molar-refractivity contribution in [2.75, 3.05) is 19.5 Å². The van der Waals surface area contributed by atoms with Crippen molar-refractivity contribution in [3.63, 3.8) is 0 Å². The van der Waals surface area contributed by atoms with Crippen molar-refractivity contribution in [3.8, 4) is 11.8 Å². The number of nitrogens with zero attached hydrogens (tertiary/aromatic N) is 3. The number of aromatic carboxylic acids is 1. The first-order valence-corrected chi connectivity index (χ1v) is 6.20. The summed E-state index contributed by atoms with van der Waals surface area (Å²) in [6, 6.07) is 4.82. The molecular weight excluding hydrogens is 308 g/mol. The van der Waals surface area contributed by atoms with Crippen LogP contribution in [0.15, 0.2) is 24.3 Å². The number of methoxy groups -OCH3 is 2. The number of ether oxygens (including phenoxy) is 2. The lowest BCUT2D eigenvalue weighted by Crippen LogP contribution is -2.06. The summed E-state index contributed by atoms with van der Waals surface area (Å²) in [7, 11) is 2.81. The highest BCUT2D eigenvalue weighted by atomic mass is 16.6. The molecule has 1 aromatic carbocycles. The Kier molecular flexibility index (Phi) is 4.55. The smallest absolute Gasteiger partial charge is 0.338 e. The van der Waals surface area contributed by atoms with Crippen molar-refractivity contribution in [2.45, 2.75) is 0 Å². The van der Waals surface area contributed by atoms with Gasteiger partial charge < -0.3 is 19.9 Å². The minimum Gasteiger partial charge on any atom is -0.481 e. The Bertz CT molecular complexity index is 742. The van der Waals surface area contributed by atoms with Crippen molar-refractivity contribution < 1.29 is 24.3 Å². The molecule has 0 saturated carbocycles. The van der Waals surface area contributed by atoms with Gasteiger partial charge >= 0.3 is 5.97 Å². The van der Waals surface area contributed by atoms with E-state index in [1.165, 1.54) is 32.4 Å². The Morgan fingerprint density at radius 3 is 2.30 bits per heavy atom. The molecule has 1 heterocycles. The van der Waals surface area contributed by atoms with Crippen LogP contribution in [0.1, 0.15) is 10.4 Å². The summed E-state index contributed by atoms with van der Waals surface area (Å²) in [5.74, 6) is -0.889. The van der Waals surface area contributed by atoms with Gasteiger partial charge in [-0.15, -0.1) is 0 Å². The fourth-order valence-corrected chi connectivity index (χ4v) is 1.72. The van der Waals surface area contributed by atoms with Crippen LogP contribution in [0.4, 0.5) is 17.3 Å². The van der Waals surface area contributed by atoms with Crippen LogP contribution in [0.25, 0.3) is 0 Å². The van der Waals surface area contributed by atoms with Gasteiger partial charge in [0.05, 0.1) is 36.5 Å². The molecule has 0 bridgehead atoms. The molecule has 2 aromatic rings. The molecule has 0 amide bonds. The lowest BCUT2D eigenvalue weighted by atomic mass is 10.1. The predicted octanol–water partition coefficient (Wildman–Crippen LogP) is 1.84. The number of hydrogen-bond donors (Lipinski definition) is 2. The van der Waals surface area contributed by atoms with Gasteiger partial charge in [-0.1, -0.05) is 0 Å². The summed E-state index contributed by atoms with van der Waals surface area (Å²) in [6.07, 6.45) is 0. The first-order valence-electron chi connectivity index (χ1n) is 6.20. The van der Waals surface area contributed by atoms with Gasteiger partial charge in [0, 0.05) is 12.1 Å². The first kappa shape index (κ1) is 15.9. The van der Waals surface area contributed by atoms with Crippen molar-refractivity contribution in [3.05, 3.63) is 39.9 Å². The van der Waals surface area contributed by atoms with Crippen LogP contribution in [0.2, 0.25) is 0 Å². The van der Waals surface area contributed by atoms with Gasteiger partial charge in [-0.2, -0.15) is 9.97 Å². The van der Waals surface area contributed by atoms with Crippen LogP contribution in [-0.4, -0.2) is 40.2 Å². The molecule has 0 aliphatic rings. The van der Waals surface area contributed by atoms with Gasteiger partial charge in [-0.25, -0.2) is 4.79 Å². The van der Waals surface area contributed by atoms with Gasteiger partial charge in [0.15, 0.2) is 0 Å². The zero-order chi connectivity index (χ0) is 17.0. The number of nitro groups is 1. The second kappa shape index (κ2) is 6.56. The summed E-state index contributed by atoms with van der Waals surface area (Å²) in [5.41, 5.74) is -0.528. The average molecular weight is 320 g/mol. The summed E-state index contributed by atoms with van der Waals surface area (Å²) < 4.78 is 9.97. The summed E-state index contributed by atoms with van der Waals surface area (Å²) in [6.45, 7) is 0. The SMILES string of the molecule is COc1cc(OC)nc(Nc2ccc([N+](=O)[O-])cc2C(=O)O)n1. The predicted molar refractivity (Wildman–Crippen MR) is 78.5 cm³/mol. The Morgan fingerprint density at radius 1 is 1.22 bits per heavy atom. The van der Waals surface area contributed by atoms with E-state index in [1.807, 2.05) is 0 Å². The molecular formula is C13H12N4O6. The van der Waals surface area contributed by atoms with E-state index in [1.54, 1.807) is 0 Å². The molecule has 2 rings (SSSR count). The number of benzene rings is 1. The van der Waals surface area contributed by atoms with E-state index in [-0.39, 0.29) is 34.6 Å². The topological polar surface area (TPSA) is 137 Å². The maximum Gasteiger partial charge on any atom is 0.338 e. The lowest BCUT2D eigenvalue weighted by Gasteiger charge is -2.10. The van der Waals surface area contributed by atoms with Gasteiger partial charge in [0.1, 0.15) is 0 Å². The maximum atomic E-state index is 11.3. The van der Waals surface area contributed by atoms with Gasteiger partial charge in [-0.05, 0) is 6.07 Å². The Morgan fingerprint density at radius 2 is 1.83 bits per heavy atom. The van der Waals surface area contributed by atoms with E-state index in [9.17, 15) is 20.0 Å². The zero-order valence-electron chi connectivity index (χ0n) is 12.1. The van der Waals surface area contributed by atoms with E-state index >= 15 is 0 Å². The monoisotopic (exact) mass is 320 g/mol. The molecule has 120 valence electrons. The van der Waals surface area contributed by atoms with Crippen LogP contribution in [-0.2, 0) is 0 Å². The summed E-state index contributed by atoms with van der Waals surface area (Å²) >= 11 is 0. The van der Waals surface area contributed by atoms with Crippen LogP contribution >= 0.6 is 0 Å². The van der Waals surface area contributed by atoms with Crippen molar-refractivity contribution in [2.24, 2.45) is 0 Å². The number of aromatic nitrogens is 2. The molecule has 0 saturated heterocycles. The standard InChI is InChI=1S/C13H12N4O6/c1-22-10-6-11(23-2)16-13(15-10)14-9-4-3-7(17(20)21)5-8(9)12(18)19/h3-6H,1-2H3,(H,18,19)(H,14,15,16). The van der Waals surface area contributed by atoms with E-state index in [0.29, 0.717) is 0 Å². The highest BCUT2D eigenvalue weighted by molar-refractivity contribution is 5.95. The molecule has 10 heteroatoms. The number of non-ortho nitro benzene ring substituents is 1. The molecule has 0 radical (unpaired) electrons. The largest absolute Gasteiger partial charge is 0.481 e. The molecule has 1 aromatic heterocycles. The van der Waals surface area contributed by atoms with Gasteiger partial charge in [0.25, 0.3) is 5.69 Å². The van der Waals surface area contributed by atoms with Crippen LogP contribution in [0, 0.1) is 10.1 Å². The van der Waals surface area contributed by atoms with Gasteiger partial charge in [-0.3, -0.25) is 10.1 Å². The second-order valence-corrected chi connectivity index (χ2v) is 4.19. The lowest BCUT2D eigenvalue weighted by molar-refractivity contribution is -0.384. The van der Waals surface area contributed by atoms with Crippen molar-refractivity contribution in [1.82, 2.24) is 9.97 Å². The Balaban J connectivity index is 2.43. The molecule has 0 fully saturated rings. The highest BCUT2D eigenvalue weighted by Gasteiger charge is 2.17. The van der Waals surface area contributed by atoms with Crippen LogP contribution in [0.5, 0.6) is 11.8 Å². The quantitative estimate of drug-likeness (QED) is 0.603. The Hall–Kier alpha value is -3.43. The van der Waals surface area contributed by atoms with E-state index in [2.05, 4.69) is 15.3 Å². The molecule has 2 N–H and O–H groups in total. The second-order valence-electron chi connectivity index (χ2n) is 4.19. The number of rotatable bonds is 6. The first-order chi connectivity index (χ1) is 10.9.